The first-order valence-corrected chi connectivity index (χ1v) is 8.77. The van der Waals surface area contributed by atoms with Crippen LogP contribution in [0.25, 0.3) is 0 Å². The van der Waals surface area contributed by atoms with Crippen molar-refractivity contribution in [2.24, 2.45) is 0 Å². The predicted octanol–water partition coefficient (Wildman–Crippen LogP) is 1.26. The van der Waals surface area contributed by atoms with Gasteiger partial charge in [0.2, 0.25) is 10.0 Å². The van der Waals surface area contributed by atoms with Gasteiger partial charge in [0.05, 0.1) is 15.5 Å². The molecule has 0 radical (unpaired) electrons. The van der Waals surface area contributed by atoms with Crippen molar-refractivity contribution in [1.29, 1.82) is 5.26 Å². The highest BCUT2D eigenvalue weighted by atomic mass is 35.5. The van der Waals surface area contributed by atoms with Crippen LogP contribution in [0.5, 0.6) is 0 Å². The lowest BCUT2D eigenvalue weighted by atomic mass is 10.2. The first kappa shape index (κ1) is 16.1. The molecule has 0 aliphatic carbocycles. The SMILES string of the molecule is CC(CNS(=O)(=O)c1ccc(C#N)c(Cl)c1)S(C)=O. The van der Waals surface area contributed by atoms with Gasteiger partial charge in [-0.2, -0.15) is 5.26 Å². The van der Waals surface area contributed by atoms with Gasteiger partial charge in [0.25, 0.3) is 0 Å². The number of nitriles is 1. The molecule has 0 amide bonds. The van der Waals surface area contributed by atoms with Crippen LogP contribution in [0.4, 0.5) is 0 Å². The van der Waals surface area contributed by atoms with Gasteiger partial charge in [-0.15, -0.1) is 0 Å². The number of sulfonamides is 1. The highest BCUT2D eigenvalue weighted by Gasteiger charge is 2.17. The van der Waals surface area contributed by atoms with Crippen molar-refractivity contribution in [1.82, 2.24) is 4.72 Å². The number of halogens is 1. The van der Waals surface area contributed by atoms with Crippen LogP contribution in [0.15, 0.2) is 23.1 Å². The topological polar surface area (TPSA) is 87.0 Å². The summed E-state index contributed by atoms with van der Waals surface area (Å²) in [7, 11) is -4.82. The average molecular weight is 321 g/mol. The Morgan fingerprint density at radius 3 is 2.63 bits per heavy atom. The Kier molecular flexibility index (Phi) is 5.50. The van der Waals surface area contributed by atoms with Crippen molar-refractivity contribution >= 4 is 32.4 Å². The van der Waals surface area contributed by atoms with Crippen LogP contribution < -0.4 is 4.72 Å². The second-order valence-corrected chi connectivity index (χ2v) is 7.89. The summed E-state index contributed by atoms with van der Waals surface area (Å²) in [6.07, 6.45) is 1.51. The molecular weight excluding hydrogens is 308 g/mol. The van der Waals surface area contributed by atoms with E-state index in [-0.39, 0.29) is 27.3 Å². The lowest BCUT2D eigenvalue weighted by Crippen LogP contribution is -2.32. The molecule has 2 atom stereocenters. The van der Waals surface area contributed by atoms with Gasteiger partial charge in [0, 0.05) is 28.9 Å². The van der Waals surface area contributed by atoms with Gasteiger partial charge in [0.15, 0.2) is 0 Å². The zero-order valence-corrected chi connectivity index (χ0v) is 12.8. The standard InChI is InChI=1S/C11H13ClN2O3S2/c1-8(18(2)15)7-14-19(16,17)10-4-3-9(6-13)11(12)5-10/h3-5,8,14H,7H2,1-2H3. The quantitative estimate of drug-likeness (QED) is 0.884. The zero-order valence-electron chi connectivity index (χ0n) is 10.4. The number of nitrogens with zero attached hydrogens (tertiary/aromatic N) is 1. The summed E-state index contributed by atoms with van der Waals surface area (Å²) in [5, 5.41) is 8.51. The van der Waals surface area contributed by atoms with E-state index in [9.17, 15) is 12.6 Å². The Labute approximate surface area is 120 Å². The molecular formula is C11H13ClN2O3S2. The van der Waals surface area contributed by atoms with Crippen molar-refractivity contribution in [3.05, 3.63) is 28.8 Å². The molecule has 0 aliphatic heterocycles. The molecule has 5 nitrogen and oxygen atoms in total. The van der Waals surface area contributed by atoms with Gasteiger partial charge in [0.1, 0.15) is 6.07 Å². The molecule has 19 heavy (non-hydrogen) atoms. The molecule has 0 bridgehead atoms. The third kappa shape index (κ3) is 4.28. The van der Waals surface area contributed by atoms with Gasteiger partial charge in [-0.05, 0) is 25.1 Å². The fourth-order valence-electron chi connectivity index (χ4n) is 1.18. The Hall–Kier alpha value is -0.940. The maximum atomic E-state index is 12.0. The molecule has 8 heteroatoms. The van der Waals surface area contributed by atoms with Crippen LogP contribution in [-0.4, -0.2) is 30.7 Å². The molecule has 1 N–H and O–H groups in total. The summed E-state index contributed by atoms with van der Waals surface area (Å²) < 4.78 is 37.4. The molecule has 0 spiro atoms. The van der Waals surface area contributed by atoms with Gasteiger partial charge in [-0.25, -0.2) is 13.1 Å². The second-order valence-electron chi connectivity index (χ2n) is 3.91. The van der Waals surface area contributed by atoms with Crippen molar-refractivity contribution < 1.29 is 12.6 Å². The Morgan fingerprint density at radius 1 is 1.53 bits per heavy atom. The molecule has 0 aromatic heterocycles. The van der Waals surface area contributed by atoms with Gasteiger partial charge in [-0.3, -0.25) is 4.21 Å². The van der Waals surface area contributed by atoms with E-state index in [0.717, 1.165) is 0 Å². The lowest BCUT2D eigenvalue weighted by Gasteiger charge is -2.11. The minimum absolute atomic E-state index is 0.0226. The number of hydrogen-bond acceptors (Lipinski definition) is 4. The molecule has 0 heterocycles. The normalized spacial score (nSPS) is 14.6. The largest absolute Gasteiger partial charge is 0.260 e. The molecule has 0 saturated heterocycles. The third-order valence-corrected chi connectivity index (χ3v) is 5.53. The highest BCUT2D eigenvalue weighted by Crippen LogP contribution is 2.20. The molecule has 1 aromatic carbocycles. The van der Waals surface area contributed by atoms with Crippen LogP contribution >= 0.6 is 11.6 Å². The van der Waals surface area contributed by atoms with E-state index >= 15 is 0 Å². The molecule has 1 aromatic rings. The predicted molar refractivity (Wildman–Crippen MR) is 74.9 cm³/mol. The molecule has 104 valence electrons. The van der Waals surface area contributed by atoms with Crippen LogP contribution in [0.3, 0.4) is 0 Å². The summed E-state index contributed by atoms with van der Waals surface area (Å²) in [5.41, 5.74) is 0.212. The first-order valence-electron chi connectivity index (χ1n) is 5.29. The average Bonchev–Trinajstić information content (AvgIpc) is 2.35. The van der Waals surface area contributed by atoms with Crippen molar-refractivity contribution in [3.8, 4) is 6.07 Å². The number of nitrogens with one attached hydrogen (secondary N) is 1. The second kappa shape index (κ2) is 6.48. The van der Waals surface area contributed by atoms with Crippen LogP contribution in [0.1, 0.15) is 12.5 Å². The molecule has 0 saturated carbocycles. The van der Waals surface area contributed by atoms with Crippen molar-refractivity contribution in [2.75, 3.05) is 12.8 Å². The monoisotopic (exact) mass is 320 g/mol. The minimum Gasteiger partial charge on any atom is -0.260 e. The van der Waals surface area contributed by atoms with Crippen molar-refractivity contribution in [3.63, 3.8) is 0 Å². The fourth-order valence-corrected chi connectivity index (χ4v) is 3.05. The zero-order chi connectivity index (χ0) is 14.6. The summed E-state index contributed by atoms with van der Waals surface area (Å²) in [5.74, 6) is 0. The summed E-state index contributed by atoms with van der Waals surface area (Å²) >= 11 is 5.79. The summed E-state index contributed by atoms with van der Waals surface area (Å²) in [6, 6.07) is 5.72. The summed E-state index contributed by atoms with van der Waals surface area (Å²) in [6.45, 7) is 1.76. The Morgan fingerprint density at radius 2 is 2.16 bits per heavy atom. The molecule has 0 aliphatic rings. The Bertz CT molecular complexity index is 638. The molecule has 0 fully saturated rings. The van der Waals surface area contributed by atoms with Crippen LogP contribution in [0.2, 0.25) is 5.02 Å². The molecule has 1 rings (SSSR count). The van der Waals surface area contributed by atoms with E-state index in [0.29, 0.717) is 0 Å². The van der Waals surface area contributed by atoms with E-state index in [1.54, 1.807) is 6.92 Å². The van der Waals surface area contributed by atoms with Gasteiger partial charge >= 0.3 is 0 Å². The number of hydrogen-bond donors (Lipinski definition) is 1. The third-order valence-electron chi connectivity index (χ3n) is 2.50. The Balaban J connectivity index is 2.93. The maximum Gasteiger partial charge on any atom is 0.240 e. The number of benzene rings is 1. The lowest BCUT2D eigenvalue weighted by molar-refractivity contribution is 0.580. The minimum atomic E-state index is -3.71. The van der Waals surface area contributed by atoms with E-state index in [4.69, 9.17) is 16.9 Å². The van der Waals surface area contributed by atoms with E-state index in [1.807, 2.05) is 6.07 Å². The van der Waals surface area contributed by atoms with Crippen molar-refractivity contribution in [2.45, 2.75) is 17.1 Å². The fraction of sp³-hybridized carbons (Fsp3) is 0.364. The first-order chi connectivity index (χ1) is 8.77. The summed E-state index contributed by atoms with van der Waals surface area (Å²) in [4.78, 5) is -0.0226. The van der Waals surface area contributed by atoms with Gasteiger partial charge < -0.3 is 0 Å². The highest BCUT2D eigenvalue weighted by molar-refractivity contribution is 7.89. The van der Waals surface area contributed by atoms with E-state index in [1.165, 1.54) is 24.5 Å². The van der Waals surface area contributed by atoms with Crippen LogP contribution in [0, 0.1) is 11.3 Å². The van der Waals surface area contributed by atoms with Gasteiger partial charge in [-0.1, -0.05) is 11.6 Å². The smallest absolute Gasteiger partial charge is 0.240 e. The van der Waals surface area contributed by atoms with Crippen LogP contribution in [-0.2, 0) is 20.8 Å². The van der Waals surface area contributed by atoms with E-state index in [2.05, 4.69) is 4.72 Å². The van der Waals surface area contributed by atoms with E-state index < -0.39 is 20.8 Å². The maximum absolute atomic E-state index is 12.0. The number of rotatable bonds is 5. The molecule has 2 unspecified atom stereocenters.